The Morgan fingerprint density at radius 1 is 0.871 bits per heavy atom. The normalized spacial score (nSPS) is 11.8. The molecule has 0 fully saturated rings. The zero-order valence-corrected chi connectivity index (χ0v) is 19.4. The molecule has 0 aliphatic rings. The molecule has 0 unspecified atom stereocenters. The smallest absolute Gasteiger partial charge is 0.281 e. The Morgan fingerprint density at radius 2 is 1.48 bits per heavy atom. The lowest BCUT2D eigenvalue weighted by atomic mass is 9.87. The number of benzene rings is 2. The second-order valence-electron chi connectivity index (χ2n) is 8.10. The van der Waals surface area contributed by atoms with E-state index in [2.05, 4.69) is 36.6 Å². The minimum Gasteiger partial charge on any atom is -0.322 e. The number of carbonyl (C=O) groups excluding carboxylic acids is 2. The first-order valence-electron chi connectivity index (χ1n) is 9.76. The molecule has 0 spiro atoms. The summed E-state index contributed by atoms with van der Waals surface area (Å²) < 4.78 is 0.550. The van der Waals surface area contributed by atoms with Gasteiger partial charge in [0.1, 0.15) is 0 Å². The van der Waals surface area contributed by atoms with Crippen LogP contribution < -0.4 is 10.7 Å². The molecule has 0 saturated carbocycles. The maximum Gasteiger partial charge on any atom is 0.281 e. The minimum absolute atomic E-state index is 0.0422. The van der Waals surface area contributed by atoms with Crippen molar-refractivity contribution in [1.29, 1.82) is 0 Å². The number of nitrogens with one attached hydrogen (secondary N) is 2. The summed E-state index contributed by atoms with van der Waals surface area (Å²) in [6.07, 6.45) is 0. The standard InChI is InChI=1S/C24H24ClN3O2S/c1-15(27-28-23(30)20-13-14-21(25)31-20)16-7-11-19(12-8-16)26-22(29)17-5-9-18(10-6-17)24(2,3)4/h5-14H,1-4H3,(H,26,29)(H,28,30)/b27-15+. The van der Waals surface area contributed by atoms with Gasteiger partial charge in [-0.2, -0.15) is 5.10 Å². The number of thiophene rings is 1. The number of hydrogen-bond acceptors (Lipinski definition) is 4. The van der Waals surface area contributed by atoms with E-state index in [1.54, 1.807) is 31.2 Å². The molecule has 5 nitrogen and oxygen atoms in total. The van der Waals surface area contributed by atoms with Crippen molar-refractivity contribution in [2.75, 3.05) is 5.32 Å². The van der Waals surface area contributed by atoms with Gasteiger partial charge in [-0.1, -0.05) is 56.6 Å². The summed E-state index contributed by atoms with van der Waals surface area (Å²) in [5.41, 5.74) is 6.50. The minimum atomic E-state index is -0.308. The van der Waals surface area contributed by atoms with Gasteiger partial charge in [-0.3, -0.25) is 9.59 Å². The quantitative estimate of drug-likeness (QED) is 0.361. The molecule has 0 saturated heterocycles. The van der Waals surface area contributed by atoms with Gasteiger partial charge < -0.3 is 5.32 Å². The van der Waals surface area contributed by atoms with E-state index in [0.29, 0.717) is 26.2 Å². The number of nitrogens with zero attached hydrogens (tertiary/aromatic N) is 1. The van der Waals surface area contributed by atoms with Crippen LogP contribution in [-0.2, 0) is 5.41 Å². The monoisotopic (exact) mass is 453 g/mol. The molecule has 31 heavy (non-hydrogen) atoms. The predicted molar refractivity (Wildman–Crippen MR) is 129 cm³/mol. The van der Waals surface area contributed by atoms with Gasteiger partial charge >= 0.3 is 0 Å². The number of hydrogen-bond donors (Lipinski definition) is 2. The number of hydrazone groups is 1. The molecule has 2 N–H and O–H groups in total. The van der Waals surface area contributed by atoms with Crippen LogP contribution >= 0.6 is 22.9 Å². The first kappa shape index (κ1) is 22.7. The third-order valence-corrected chi connectivity index (χ3v) is 5.93. The van der Waals surface area contributed by atoms with Gasteiger partial charge in [0.2, 0.25) is 0 Å². The van der Waals surface area contributed by atoms with Gasteiger partial charge in [-0.05, 0) is 59.9 Å². The highest BCUT2D eigenvalue weighted by Gasteiger charge is 2.14. The molecule has 2 amide bonds. The van der Waals surface area contributed by atoms with Gasteiger partial charge in [0.25, 0.3) is 11.8 Å². The van der Waals surface area contributed by atoms with Crippen molar-refractivity contribution in [1.82, 2.24) is 5.43 Å². The molecule has 160 valence electrons. The van der Waals surface area contributed by atoms with Crippen LogP contribution in [0.15, 0.2) is 65.8 Å². The van der Waals surface area contributed by atoms with Gasteiger partial charge in [-0.15, -0.1) is 11.3 Å². The van der Waals surface area contributed by atoms with E-state index in [9.17, 15) is 9.59 Å². The number of anilines is 1. The number of carbonyl (C=O) groups is 2. The lowest BCUT2D eigenvalue weighted by molar-refractivity contribution is 0.0958. The van der Waals surface area contributed by atoms with Crippen molar-refractivity contribution in [3.05, 3.63) is 86.6 Å². The summed E-state index contributed by atoms with van der Waals surface area (Å²) in [5.74, 6) is -0.474. The molecule has 3 rings (SSSR count). The first-order chi connectivity index (χ1) is 14.6. The first-order valence-corrected chi connectivity index (χ1v) is 11.0. The summed E-state index contributed by atoms with van der Waals surface area (Å²) in [5, 5.41) is 7.04. The average Bonchev–Trinajstić information content (AvgIpc) is 3.18. The van der Waals surface area contributed by atoms with E-state index in [4.69, 9.17) is 11.6 Å². The van der Waals surface area contributed by atoms with Gasteiger partial charge in [-0.25, -0.2) is 5.43 Å². The number of amides is 2. The van der Waals surface area contributed by atoms with Crippen molar-refractivity contribution in [2.24, 2.45) is 5.10 Å². The topological polar surface area (TPSA) is 70.6 Å². The molecule has 0 radical (unpaired) electrons. The number of halogens is 1. The Balaban J connectivity index is 1.61. The van der Waals surface area contributed by atoms with Crippen LogP contribution in [0.1, 0.15) is 58.9 Å². The van der Waals surface area contributed by atoms with Crippen LogP contribution in [0.4, 0.5) is 5.69 Å². The maximum absolute atomic E-state index is 12.5. The van der Waals surface area contributed by atoms with E-state index in [-0.39, 0.29) is 17.2 Å². The summed E-state index contributed by atoms with van der Waals surface area (Å²) in [6, 6.07) is 18.2. The van der Waals surface area contributed by atoms with E-state index in [1.165, 1.54) is 16.9 Å². The summed E-state index contributed by atoms with van der Waals surface area (Å²) in [4.78, 5) is 25.1. The summed E-state index contributed by atoms with van der Waals surface area (Å²) >= 11 is 7.05. The van der Waals surface area contributed by atoms with Crippen LogP contribution in [0, 0.1) is 0 Å². The number of rotatable bonds is 5. The predicted octanol–water partition coefficient (Wildman–Crippen LogP) is 6.11. The van der Waals surface area contributed by atoms with Crippen LogP contribution in [0.5, 0.6) is 0 Å². The fraction of sp³-hybridized carbons (Fsp3) is 0.208. The molecule has 2 aromatic carbocycles. The molecule has 0 bridgehead atoms. The zero-order chi connectivity index (χ0) is 22.6. The third kappa shape index (κ3) is 6.03. The Labute approximate surface area is 191 Å². The van der Waals surface area contributed by atoms with Crippen molar-refractivity contribution in [2.45, 2.75) is 33.1 Å². The van der Waals surface area contributed by atoms with Crippen LogP contribution in [0.3, 0.4) is 0 Å². The second kappa shape index (κ2) is 9.45. The highest BCUT2D eigenvalue weighted by atomic mass is 35.5. The summed E-state index contributed by atoms with van der Waals surface area (Å²) in [7, 11) is 0. The van der Waals surface area contributed by atoms with E-state index in [0.717, 1.165) is 5.56 Å². The van der Waals surface area contributed by atoms with Gasteiger partial charge in [0.05, 0.1) is 14.9 Å². The molecule has 0 aliphatic carbocycles. The van der Waals surface area contributed by atoms with Crippen LogP contribution in [0.2, 0.25) is 4.34 Å². The SMILES string of the molecule is C/C(=N\NC(=O)c1ccc(Cl)s1)c1ccc(NC(=O)c2ccc(C(C)(C)C)cc2)cc1. The highest BCUT2D eigenvalue weighted by molar-refractivity contribution is 7.18. The fourth-order valence-corrected chi connectivity index (χ4v) is 3.74. The second-order valence-corrected chi connectivity index (χ2v) is 9.82. The Kier molecular flexibility index (Phi) is 6.93. The molecular formula is C24H24ClN3O2S. The Morgan fingerprint density at radius 3 is 2.03 bits per heavy atom. The van der Waals surface area contributed by atoms with Gasteiger partial charge in [0.15, 0.2) is 0 Å². The van der Waals surface area contributed by atoms with Crippen molar-refractivity contribution in [3.63, 3.8) is 0 Å². The fourth-order valence-electron chi connectivity index (χ4n) is 2.81. The molecule has 3 aromatic rings. The Bertz CT molecular complexity index is 1110. The molecule has 0 aliphatic heterocycles. The van der Waals surface area contributed by atoms with Crippen molar-refractivity contribution in [3.8, 4) is 0 Å². The molecule has 0 atom stereocenters. The largest absolute Gasteiger partial charge is 0.322 e. The maximum atomic E-state index is 12.5. The summed E-state index contributed by atoms with van der Waals surface area (Å²) in [6.45, 7) is 8.21. The van der Waals surface area contributed by atoms with Crippen LogP contribution in [0.25, 0.3) is 0 Å². The van der Waals surface area contributed by atoms with E-state index >= 15 is 0 Å². The van der Waals surface area contributed by atoms with E-state index in [1.807, 2.05) is 36.4 Å². The highest BCUT2D eigenvalue weighted by Crippen LogP contribution is 2.23. The van der Waals surface area contributed by atoms with E-state index < -0.39 is 0 Å². The van der Waals surface area contributed by atoms with Crippen molar-refractivity contribution < 1.29 is 9.59 Å². The molecular weight excluding hydrogens is 430 g/mol. The van der Waals surface area contributed by atoms with Gasteiger partial charge in [0, 0.05) is 11.3 Å². The zero-order valence-electron chi connectivity index (χ0n) is 17.8. The van der Waals surface area contributed by atoms with Crippen LogP contribution in [-0.4, -0.2) is 17.5 Å². The third-order valence-electron chi connectivity index (χ3n) is 4.70. The molecule has 7 heteroatoms. The lowest BCUT2D eigenvalue weighted by Crippen LogP contribution is -2.18. The molecule has 1 heterocycles. The molecule has 1 aromatic heterocycles. The van der Waals surface area contributed by atoms with Crippen molar-refractivity contribution >= 4 is 46.2 Å². The lowest BCUT2D eigenvalue weighted by Gasteiger charge is -2.19. The Hall–Kier alpha value is -2.96. The average molecular weight is 454 g/mol.